The summed E-state index contributed by atoms with van der Waals surface area (Å²) in [6, 6.07) is 18.5. The Kier molecular flexibility index (Phi) is 5.94. The van der Waals surface area contributed by atoms with E-state index in [0.29, 0.717) is 22.9 Å². The van der Waals surface area contributed by atoms with Crippen LogP contribution in [0.5, 0.6) is 5.75 Å². The number of benzene rings is 3. The van der Waals surface area contributed by atoms with Crippen LogP contribution in [0.15, 0.2) is 66.7 Å². The lowest BCUT2D eigenvalue weighted by molar-refractivity contribution is 0.0697. The minimum atomic E-state index is -0.950. The van der Waals surface area contributed by atoms with E-state index in [1.54, 1.807) is 48.5 Å². The minimum Gasteiger partial charge on any atom is -0.489 e. The van der Waals surface area contributed by atoms with Gasteiger partial charge in [0.2, 0.25) is 0 Å². The van der Waals surface area contributed by atoms with Gasteiger partial charge in [0, 0.05) is 17.8 Å². The largest absolute Gasteiger partial charge is 0.489 e. The van der Waals surface area contributed by atoms with Gasteiger partial charge in [-0.3, -0.25) is 0 Å². The molecule has 0 saturated carbocycles. The van der Waals surface area contributed by atoms with Crippen molar-refractivity contribution in [2.45, 2.75) is 13.2 Å². The van der Waals surface area contributed by atoms with Crippen LogP contribution in [0.25, 0.3) is 0 Å². The van der Waals surface area contributed by atoms with Gasteiger partial charge in [-0.25, -0.2) is 9.18 Å². The van der Waals surface area contributed by atoms with Gasteiger partial charge in [-0.2, -0.15) is 0 Å². The van der Waals surface area contributed by atoms with Gasteiger partial charge in [0.15, 0.2) is 0 Å². The number of rotatable bonds is 7. The molecule has 3 rings (SSSR count). The highest BCUT2D eigenvalue weighted by Gasteiger charge is 2.07. The molecule has 3 aromatic carbocycles. The smallest absolute Gasteiger partial charge is 0.335 e. The third-order valence-corrected chi connectivity index (χ3v) is 4.35. The molecule has 27 heavy (non-hydrogen) atoms. The van der Waals surface area contributed by atoms with Crippen molar-refractivity contribution < 1.29 is 19.0 Å². The van der Waals surface area contributed by atoms with Crippen LogP contribution in [0.4, 0.5) is 10.1 Å². The normalized spacial score (nSPS) is 10.4. The number of anilines is 1. The number of carboxylic acid groups (broad SMARTS) is 1. The molecule has 0 saturated heterocycles. The van der Waals surface area contributed by atoms with E-state index in [1.165, 1.54) is 6.07 Å². The fourth-order valence-electron chi connectivity index (χ4n) is 2.46. The third-order valence-electron chi connectivity index (χ3n) is 4.00. The second-order valence-corrected chi connectivity index (χ2v) is 6.28. The number of halogens is 2. The number of hydrogen-bond acceptors (Lipinski definition) is 3. The van der Waals surface area contributed by atoms with Gasteiger partial charge in [-0.1, -0.05) is 29.8 Å². The summed E-state index contributed by atoms with van der Waals surface area (Å²) in [4.78, 5) is 10.8. The summed E-state index contributed by atoms with van der Waals surface area (Å²) in [5, 5.41) is 12.5. The van der Waals surface area contributed by atoms with Crippen LogP contribution in [0.1, 0.15) is 21.5 Å². The van der Waals surface area contributed by atoms with Crippen LogP contribution in [0.2, 0.25) is 5.02 Å². The predicted octanol–water partition coefficient (Wildman–Crippen LogP) is 5.37. The molecule has 6 heteroatoms. The van der Waals surface area contributed by atoms with Crippen LogP contribution in [0.3, 0.4) is 0 Å². The Hall–Kier alpha value is -3.05. The molecule has 0 aliphatic carbocycles. The first-order valence-corrected chi connectivity index (χ1v) is 8.62. The SMILES string of the molecule is O=C(O)c1ccc(NCc2ccc(OCc3c(F)cccc3Cl)cc2)cc1. The zero-order valence-corrected chi connectivity index (χ0v) is 15.0. The van der Waals surface area contributed by atoms with Crippen LogP contribution in [0, 0.1) is 5.82 Å². The van der Waals surface area contributed by atoms with Crippen LogP contribution in [-0.4, -0.2) is 11.1 Å². The summed E-state index contributed by atoms with van der Waals surface area (Å²) in [6.45, 7) is 0.630. The Labute approximate surface area is 161 Å². The maximum absolute atomic E-state index is 13.7. The number of ether oxygens (including phenoxy) is 1. The molecule has 0 aromatic heterocycles. The molecule has 0 aliphatic heterocycles. The average molecular weight is 386 g/mol. The molecule has 0 radical (unpaired) electrons. The van der Waals surface area contributed by atoms with E-state index in [1.807, 2.05) is 12.1 Å². The highest BCUT2D eigenvalue weighted by molar-refractivity contribution is 6.31. The van der Waals surface area contributed by atoms with Gasteiger partial charge in [-0.15, -0.1) is 0 Å². The van der Waals surface area contributed by atoms with Gasteiger partial charge >= 0.3 is 5.97 Å². The Morgan fingerprint density at radius 1 is 1.04 bits per heavy atom. The van der Waals surface area contributed by atoms with Crippen molar-refractivity contribution >= 4 is 23.3 Å². The topological polar surface area (TPSA) is 58.6 Å². The second-order valence-electron chi connectivity index (χ2n) is 5.87. The zero-order valence-electron chi connectivity index (χ0n) is 14.3. The van der Waals surface area contributed by atoms with Crippen LogP contribution < -0.4 is 10.1 Å². The molecule has 0 spiro atoms. The van der Waals surface area contributed by atoms with Gasteiger partial charge in [0.1, 0.15) is 18.2 Å². The molecule has 2 N–H and O–H groups in total. The van der Waals surface area contributed by atoms with Crippen molar-refractivity contribution in [2.24, 2.45) is 0 Å². The molecule has 0 amide bonds. The van der Waals surface area contributed by atoms with E-state index in [9.17, 15) is 9.18 Å². The van der Waals surface area contributed by atoms with Gasteiger partial charge in [0.05, 0.1) is 10.6 Å². The number of carbonyl (C=O) groups is 1. The van der Waals surface area contributed by atoms with E-state index in [-0.39, 0.29) is 12.2 Å². The van der Waals surface area contributed by atoms with E-state index in [4.69, 9.17) is 21.4 Å². The number of nitrogens with one attached hydrogen (secondary N) is 1. The number of carboxylic acids is 1. The van der Waals surface area contributed by atoms with Crippen LogP contribution >= 0.6 is 11.6 Å². The molecule has 0 fully saturated rings. The maximum atomic E-state index is 13.7. The fourth-order valence-corrected chi connectivity index (χ4v) is 2.68. The van der Waals surface area contributed by atoms with E-state index in [0.717, 1.165) is 11.3 Å². The molecule has 0 atom stereocenters. The first kappa shape index (κ1) is 18.7. The summed E-state index contributed by atoms with van der Waals surface area (Å²) >= 11 is 5.99. The van der Waals surface area contributed by atoms with Crippen molar-refractivity contribution in [1.29, 1.82) is 0 Å². The standard InChI is InChI=1S/C21H17ClFNO3/c22-19-2-1-3-20(23)18(19)13-27-17-10-4-14(5-11-17)12-24-16-8-6-15(7-9-16)21(25)26/h1-11,24H,12-13H2,(H,25,26). The quantitative estimate of drug-likeness (QED) is 0.574. The van der Waals surface area contributed by atoms with Crippen molar-refractivity contribution in [3.63, 3.8) is 0 Å². The lowest BCUT2D eigenvalue weighted by atomic mass is 10.2. The highest BCUT2D eigenvalue weighted by atomic mass is 35.5. The Balaban J connectivity index is 1.55. The summed E-state index contributed by atoms with van der Waals surface area (Å²) in [7, 11) is 0. The average Bonchev–Trinajstić information content (AvgIpc) is 2.67. The predicted molar refractivity (Wildman–Crippen MR) is 103 cm³/mol. The minimum absolute atomic E-state index is 0.0546. The summed E-state index contributed by atoms with van der Waals surface area (Å²) in [5.41, 5.74) is 2.43. The van der Waals surface area contributed by atoms with E-state index < -0.39 is 11.8 Å². The van der Waals surface area contributed by atoms with Gasteiger partial charge in [-0.05, 0) is 54.1 Å². The fraction of sp³-hybridized carbons (Fsp3) is 0.0952. The summed E-state index contributed by atoms with van der Waals surface area (Å²) in [6.07, 6.45) is 0. The molecule has 0 heterocycles. The zero-order chi connectivity index (χ0) is 19.2. The summed E-state index contributed by atoms with van der Waals surface area (Å²) in [5.74, 6) is -0.727. The Bertz CT molecular complexity index is 907. The van der Waals surface area contributed by atoms with E-state index in [2.05, 4.69) is 5.32 Å². The number of aromatic carboxylic acids is 1. The maximum Gasteiger partial charge on any atom is 0.335 e. The first-order valence-electron chi connectivity index (χ1n) is 8.25. The summed E-state index contributed by atoms with van der Waals surface area (Å²) < 4.78 is 19.3. The molecule has 138 valence electrons. The molecule has 3 aromatic rings. The second kappa shape index (κ2) is 8.56. The molecular formula is C21H17ClFNO3. The lowest BCUT2D eigenvalue weighted by Crippen LogP contribution is -2.02. The van der Waals surface area contributed by atoms with Gasteiger partial charge < -0.3 is 15.2 Å². The highest BCUT2D eigenvalue weighted by Crippen LogP contribution is 2.22. The molecular weight excluding hydrogens is 369 g/mol. The van der Waals surface area contributed by atoms with Crippen molar-refractivity contribution in [1.82, 2.24) is 0 Å². The number of hydrogen-bond donors (Lipinski definition) is 2. The van der Waals surface area contributed by atoms with Gasteiger partial charge in [0.25, 0.3) is 0 Å². The molecule has 4 nitrogen and oxygen atoms in total. The van der Waals surface area contributed by atoms with E-state index >= 15 is 0 Å². The first-order chi connectivity index (χ1) is 13.0. The lowest BCUT2D eigenvalue weighted by Gasteiger charge is -2.10. The third kappa shape index (κ3) is 4.99. The van der Waals surface area contributed by atoms with Crippen LogP contribution in [-0.2, 0) is 13.2 Å². The van der Waals surface area contributed by atoms with Crippen molar-refractivity contribution in [2.75, 3.05) is 5.32 Å². The Morgan fingerprint density at radius 2 is 1.74 bits per heavy atom. The molecule has 0 unspecified atom stereocenters. The molecule has 0 aliphatic rings. The van der Waals surface area contributed by atoms with Crippen molar-refractivity contribution in [3.8, 4) is 5.75 Å². The van der Waals surface area contributed by atoms with Crippen molar-refractivity contribution in [3.05, 3.63) is 94.3 Å². The monoisotopic (exact) mass is 385 g/mol. The molecule has 0 bridgehead atoms. The Morgan fingerprint density at radius 3 is 2.37 bits per heavy atom.